The summed E-state index contributed by atoms with van der Waals surface area (Å²) in [5.74, 6) is -10.4. The van der Waals surface area contributed by atoms with Gasteiger partial charge in [-0.1, -0.05) is 72.8 Å². The third-order valence-corrected chi connectivity index (χ3v) is 15.7. The van der Waals surface area contributed by atoms with Gasteiger partial charge in [-0.05, 0) is 117 Å². The molecule has 9 rings (SSSR count). The van der Waals surface area contributed by atoms with Gasteiger partial charge in [0.1, 0.15) is 23.0 Å². The molecule has 8 bridgehead atoms. The molecule has 1 radical (unpaired) electrons. The van der Waals surface area contributed by atoms with Gasteiger partial charge in [0.25, 0.3) is 0 Å². The molecule has 3 aromatic heterocycles. The molecule has 0 saturated carbocycles. The number of amides is 4. The predicted octanol–water partition coefficient (Wildman–Crippen LogP) is 9.58. The summed E-state index contributed by atoms with van der Waals surface area (Å²) in [6.45, 7) is -3.20. The van der Waals surface area contributed by atoms with E-state index < -0.39 is 176 Å². The van der Waals surface area contributed by atoms with Crippen LogP contribution in [0.5, 0.6) is 23.0 Å². The minimum absolute atomic E-state index is 0. The number of aromatic nitrogens is 4. The first-order valence-corrected chi connectivity index (χ1v) is 31.8. The van der Waals surface area contributed by atoms with E-state index in [1.807, 2.05) is 0 Å². The van der Waals surface area contributed by atoms with Crippen molar-refractivity contribution in [3.8, 4) is 67.5 Å². The normalized spacial score (nSPS) is 11.1. The van der Waals surface area contributed by atoms with Gasteiger partial charge in [-0.3, -0.25) is 38.4 Å². The van der Waals surface area contributed by atoms with Gasteiger partial charge in [-0.2, -0.15) is 0 Å². The van der Waals surface area contributed by atoms with Crippen molar-refractivity contribution in [3.63, 3.8) is 0 Å². The van der Waals surface area contributed by atoms with Crippen LogP contribution >= 0.6 is 0 Å². The van der Waals surface area contributed by atoms with E-state index in [1.54, 1.807) is 72.8 Å². The zero-order valence-electron chi connectivity index (χ0n) is 55.2. The van der Waals surface area contributed by atoms with E-state index in [2.05, 4.69) is 0 Å². The monoisotopic (exact) mass is 1490 g/mol. The van der Waals surface area contributed by atoms with E-state index in [4.69, 9.17) is 38.9 Å². The molecular weight excluding hydrogens is 1420 g/mol. The molecule has 4 aromatic carbocycles. The van der Waals surface area contributed by atoms with Gasteiger partial charge in [0.15, 0.2) is 0 Å². The minimum Gasteiger partial charge on any atom is -0.657 e. The molecule has 4 amide bonds. The molecule has 0 atom stereocenters. The SMILES string of the molecule is O=C(O)CCN(CCC(=O)O)C(=O)Oc1cccc(-c2c3nc(c(-c4cccc(OC(=O)N(CCC(=O)O)CCC(=O)O)c4)c4ccc([n-]4)c(-c4cccc(OC(=O)N(CCC(=O)O)CCC(=O)O)c4)c4nc(c(-c5cccc(OC(=O)N(CCC(=O)O)CCC(=O)O)c5)c5ccc2[n-]5)C=C4)C=C3)c1.[Cu+2]. The van der Waals surface area contributed by atoms with Crippen molar-refractivity contribution in [1.29, 1.82) is 0 Å². The topological polar surface area (TPSA) is 471 Å². The van der Waals surface area contributed by atoms with Crippen LogP contribution < -0.4 is 28.9 Å². The Morgan fingerprint density at radius 3 is 0.638 bits per heavy atom. The van der Waals surface area contributed by atoms with Gasteiger partial charge in [0, 0.05) is 52.4 Å². The molecule has 2 aliphatic heterocycles. The van der Waals surface area contributed by atoms with Crippen molar-refractivity contribution >= 4 is 118 Å². The summed E-state index contributed by atoms with van der Waals surface area (Å²) in [5, 5.41) is 75.8. The number of aliphatic carboxylic acids is 8. The summed E-state index contributed by atoms with van der Waals surface area (Å²) in [7, 11) is 0. The van der Waals surface area contributed by atoms with Crippen molar-refractivity contribution in [2.45, 2.75) is 51.4 Å². The number of carboxylic acid groups (broad SMARTS) is 8. The maximum absolute atomic E-state index is 13.8. The van der Waals surface area contributed by atoms with Crippen LogP contribution in [0.3, 0.4) is 0 Å². The molecule has 0 saturated heterocycles. The first kappa shape index (κ1) is 77.6. The number of hydrogen-bond donors (Lipinski definition) is 8. The second-order valence-electron chi connectivity index (χ2n) is 23.0. The fourth-order valence-corrected chi connectivity index (χ4v) is 10.8. The second kappa shape index (κ2) is 35.9. The molecule has 0 unspecified atom stereocenters. The quantitative estimate of drug-likeness (QED) is 0.0182. The van der Waals surface area contributed by atoms with Crippen LogP contribution in [0.25, 0.3) is 90.9 Å². The molecule has 5 heterocycles. The zero-order chi connectivity index (χ0) is 74.7. The average Bonchev–Trinajstić information content (AvgIpc) is 1.62. The van der Waals surface area contributed by atoms with E-state index in [-0.39, 0.29) is 107 Å². The minimum atomic E-state index is -1.26. The largest absolute Gasteiger partial charge is 2.00 e. The number of fused-ring (bicyclic) bond motifs is 8. The number of carbonyl (C=O) groups excluding carboxylic acids is 4. The number of nitrogens with zero attached hydrogens (tertiary/aromatic N) is 8. The van der Waals surface area contributed by atoms with Crippen molar-refractivity contribution in [2.75, 3.05) is 52.4 Å². The van der Waals surface area contributed by atoms with Gasteiger partial charge >= 0.3 is 89.2 Å². The summed E-state index contributed by atoms with van der Waals surface area (Å²) in [4.78, 5) is 173. The van der Waals surface area contributed by atoms with Crippen molar-refractivity contribution < 1.29 is 134 Å². The molecule has 7 aromatic rings. The average molecular weight is 1490 g/mol. The van der Waals surface area contributed by atoms with E-state index >= 15 is 0 Å². The van der Waals surface area contributed by atoms with Crippen LogP contribution in [0.2, 0.25) is 0 Å². The first-order valence-electron chi connectivity index (χ1n) is 31.8. The van der Waals surface area contributed by atoms with Gasteiger partial charge < -0.3 is 89.4 Å². The summed E-state index contributed by atoms with van der Waals surface area (Å²) >= 11 is 0. The second-order valence-corrected chi connectivity index (χ2v) is 23.0. The Morgan fingerprint density at radius 2 is 0.467 bits per heavy atom. The molecule has 105 heavy (non-hydrogen) atoms. The van der Waals surface area contributed by atoms with Gasteiger partial charge in [-0.25, -0.2) is 29.1 Å². The smallest absolute Gasteiger partial charge is 0.657 e. The van der Waals surface area contributed by atoms with Gasteiger partial charge in [0.2, 0.25) is 0 Å². The summed E-state index contributed by atoms with van der Waals surface area (Å²) < 4.78 is 23.2. The Labute approximate surface area is 605 Å². The number of ether oxygens (including phenoxy) is 4. The number of rotatable bonds is 32. The molecular formula is C72H64CuN8O24. The fourth-order valence-electron chi connectivity index (χ4n) is 10.8. The first-order chi connectivity index (χ1) is 49.7. The Morgan fingerprint density at radius 1 is 0.286 bits per heavy atom. The van der Waals surface area contributed by atoms with E-state index in [0.717, 1.165) is 19.6 Å². The van der Waals surface area contributed by atoms with Crippen molar-refractivity contribution in [1.82, 2.24) is 39.5 Å². The van der Waals surface area contributed by atoms with Crippen LogP contribution in [0.15, 0.2) is 121 Å². The zero-order valence-corrected chi connectivity index (χ0v) is 56.1. The summed E-state index contributed by atoms with van der Waals surface area (Å²) in [6, 6.07) is 30.9. The third kappa shape index (κ3) is 21.4. The maximum Gasteiger partial charge on any atom is 2.00 e. The molecule has 0 aliphatic carbocycles. The van der Waals surface area contributed by atoms with E-state index in [9.17, 15) is 98.4 Å². The van der Waals surface area contributed by atoms with Gasteiger partial charge in [-0.15, -0.1) is 22.1 Å². The summed E-state index contributed by atoms with van der Waals surface area (Å²) in [5.41, 5.74) is 4.10. The number of carbonyl (C=O) groups is 12. The van der Waals surface area contributed by atoms with Crippen molar-refractivity contribution in [3.05, 3.63) is 144 Å². The number of benzene rings is 4. The van der Waals surface area contributed by atoms with E-state index in [1.165, 1.54) is 72.8 Å². The molecule has 0 fully saturated rings. The standard InChI is InChI=1S/C72H66N8O24.Cu/c81-57(82)21-29-77(30-22-58(83)84)69(97)101-45-9-1-5-41(37-45)65-49-13-15-51(73-49)66(42-6-2-10-46(38-42)102-70(98)78(31-23-59(85)86)32-24-60(87)88)53-17-19-55(75-53)68(44-8-4-12-48(40-44)104-72(100)80(35-27-63(93)94)36-28-64(95)96)56-20-18-54(76-56)67(52-16-14-50(65)74-52)43-7-3-11-47(39-43)103-71(99)79(33-25-61(89)90)34-26-62(91)92;/h1-20,37-40H,21-36H2,(H10,73,74,75,76,81,82,83,84,85,86,87,88,89,90,91,92,93,94,95,96);/q;+2/p-2. The Bertz CT molecular complexity index is 4140. The fraction of sp³-hybridized carbons (Fsp3) is 0.222. The molecule has 547 valence electrons. The van der Waals surface area contributed by atoms with Crippen LogP contribution in [0.1, 0.15) is 74.1 Å². The Balaban J connectivity index is 0.0000139. The Hall–Kier alpha value is -13.2. The van der Waals surface area contributed by atoms with Gasteiger partial charge in [0.05, 0.1) is 74.1 Å². The molecule has 32 nitrogen and oxygen atoms in total. The molecule has 33 heteroatoms. The molecule has 8 N–H and O–H groups in total. The maximum atomic E-state index is 13.8. The molecule has 0 spiro atoms. The van der Waals surface area contributed by atoms with Crippen LogP contribution in [0, 0.1) is 0 Å². The van der Waals surface area contributed by atoms with E-state index in [0.29, 0.717) is 22.3 Å². The van der Waals surface area contributed by atoms with Crippen LogP contribution in [-0.4, -0.2) is 195 Å². The molecule has 2 aliphatic rings. The predicted molar refractivity (Wildman–Crippen MR) is 367 cm³/mol. The van der Waals surface area contributed by atoms with Crippen molar-refractivity contribution in [2.24, 2.45) is 0 Å². The van der Waals surface area contributed by atoms with Crippen LogP contribution in [-0.2, 0) is 55.4 Å². The third-order valence-electron chi connectivity index (χ3n) is 15.7. The Kier molecular flexibility index (Phi) is 26.5. The van der Waals surface area contributed by atoms with Crippen LogP contribution in [0.4, 0.5) is 19.2 Å². The number of carboxylic acids is 8. The number of hydrogen-bond acceptors (Lipinski definition) is 18. The summed E-state index contributed by atoms with van der Waals surface area (Å²) in [6.07, 6.45) is -2.01.